The van der Waals surface area contributed by atoms with Crippen LogP contribution in [0.2, 0.25) is 0 Å². The number of halogens is 3. The Hall–Kier alpha value is -3.81. The SMILES string of the molecule is CCCCN(CC(F)(F)F)C(=O)C1c2ccccc2-c2cccc(N3CCC(NC(=O)c4ccccc4)C3)c21. The fraction of sp³-hybridized carbons (Fsp3) is 0.355. The summed E-state index contributed by atoms with van der Waals surface area (Å²) in [6, 6.07) is 22.2. The number of rotatable bonds is 8. The highest BCUT2D eigenvalue weighted by Crippen LogP contribution is 2.50. The van der Waals surface area contributed by atoms with Crippen LogP contribution in [-0.2, 0) is 4.79 Å². The lowest BCUT2D eigenvalue weighted by molar-refractivity contribution is -0.161. The van der Waals surface area contributed by atoms with E-state index >= 15 is 0 Å². The van der Waals surface area contributed by atoms with Gasteiger partial charge >= 0.3 is 6.18 Å². The van der Waals surface area contributed by atoms with E-state index in [1.165, 1.54) is 0 Å². The van der Waals surface area contributed by atoms with Crippen molar-refractivity contribution in [3.05, 3.63) is 89.5 Å². The van der Waals surface area contributed by atoms with Gasteiger partial charge in [0.05, 0.1) is 5.92 Å². The van der Waals surface area contributed by atoms with Crippen LogP contribution in [0, 0.1) is 0 Å². The Bertz CT molecular complexity index is 1340. The minimum absolute atomic E-state index is 0.0579. The van der Waals surface area contributed by atoms with Crippen molar-refractivity contribution in [1.82, 2.24) is 10.2 Å². The predicted molar refractivity (Wildman–Crippen MR) is 146 cm³/mol. The van der Waals surface area contributed by atoms with E-state index in [0.29, 0.717) is 31.5 Å². The van der Waals surface area contributed by atoms with Crippen molar-refractivity contribution in [3.8, 4) is 11.1 Å². The summed E-state index contributed by atoms with van der Waals surface area (Å²) in [4.78, 5) is 29.8. The van der Waals surface area contributed by atoms with Gasteiger partial charge in [0.1, 0.15) is 6.54 Å². The number of hydrogen-bond donors (Lipinski definition) is 1. The second-order valence-electron chi connectivity index (χ2n) is 10.3. The predicted octanol–water partition coefficient (Wildman–Crippen LogP) is 6.00. The number of carbonyl (C=O) groups excluding carboxylic acids is 2. The Morgan fingerprint density at radius 1 is 0.974 bits per heavy atom. The number of fused-ring (bicyclic) bond motifs is 3. The zero-order valence-corrected chi connectivity index (χ0v) is 21.9. The van der Waals surface area contributed by atoms with Gasteiger partial charge in [0.25, 0.3) is 5.91 Å². The molecule has 2 amide bonds. The van der Waals surface area contributed by atoms with Crippen molar-refractivity contribution in [2.24, 2.45) is 0 Å². The summed E-state index contributed by atoms with van der Waals surface area (Å²) in [6.07, 6.45) is -2.57. The van der Waals surface area contributed by atoms with E-state index < -0.39 is 24.5 Å². The molecule has 204 valence electrons. The molecule has 2 aliphatic rings. The van der Waals surface area contributed by atoms with Crippen molar-refractivity contribution in [1.29, 1.82) is 0 Å². The number of unbranched alkanes of at least 4 members (excludes halogenated alkanes) is 1. The fourth-order valence-electron chi connectivity index (χ4n) is 5.74. The average Bonchev–Trinajstić information content (AvgIpc) is 3.53. The third-order valence-electron chi connectivity index (χ3n) is 7.54. The van der Waals surface area contributed by atoms with Crippen LogP contribution in [-0.4, -0.2) is 55.1 Å². The Balaban J connectivity index is 1.46. The maximum absolute atomic E-state index is 13.9. The first-order valence-electron chi connectivity index (χ1n) is 13.5. The first kappa shape index (κ1) is 26.8. The van der Waals surface area contributed by atoms with Crippen molar-refractivity contribution in [3.63, 3.8) is 0 Å². The Morgan fingerprint density at radius 3 is 2.44 bits per heavy atom. The Morgan fingerprint density at radius 2 is 1.69 bits per heavy atom. The van der Waals surface area contributed by atoms with Gasteiger partial charge in [-0.1, -0.05) is 67.9 Å². The third kappa shape index (κ3) is 5.65. The van der Waals surface area contributed by atoms with Crippen LogP contribution in [0.3, 0.4) is 0 Å². The lowest BCUT2D eigenvalue weighted by atomic mass is 9.93. The fourth-order valence-corrected chi connectivity index (χ4v) is 5.74. The first-order valence-corrected chi connectivity index (χ1v) is 13.5. The summed E-state index contributed by atoms with van der Waals surface area (Å²) in [5.74, 6) is -1.47. The molecule has 0 radical (unpaired) electrons. The standard InChI is InChI=1S/C31H32F3N3O2/c1-2-3-17-37(20-31(32,33)34)30(39)28-25-13-8-7-12-23(25)24-14-9-15-26(27(24)28)36-18-16-22(19-36)35-29(38)21-10-5-4-6-11-21/h4-15,22,28H,2-3,16-20H2,1H3,(H,35,38). The molecule has 0 saturated carbocycles. The maximum atomic E-state index is 13.9. The highest BCUT2D eigenvalue weighted by atomic mass is 19.4. The number of anilines is 1. The molecule has 5 nitrogen and oxygen atoms in total. The summed E-state index contributed by atoms with van der Waals surface area (Å²) < 4.78 is 40.6. The smallest absolute Gasteiger partial charge is 0.369 e. The lowest BCUT2D eigenvalue weighted by Gasteiger charge is -2.30. The number of nitrogens with zero attached hydrogens (tertiary/aromatic N) is 2. The molecule has 0 aromatic heterocycles. The van der Waals surface area contributed by atoms with Crippen molar-refractivity contribution < 1.29 is 22.8 Å². The molecular formula is C31H32F3N3O2. The van der Waals surface area contributed by atoms with Crippen LogP contribution in [0.15, 0.2) is 72.8 Å². The zero-order chi connectivity index (χ0) is 27.6. The van der Waals surface area contributed by atoms with Crippen LogP contribution in [0.5, 0.6) is 0 Å². The van der Waals surface area contributed by atoms with Gasteiger partial charge in [-0.15, -0.1) is 0 Å². The number of carbonyl (C=O) groups is 2. The summed E-state index contributed by atoms with van der Waals surface area (Å²) in [7, 11) is 0. The molecule has 0 bridgehead atoms. The highest BCUT2D eigenvalue weighted by molar-refractivity contribution is 5.99. The zero-order valence-electron chi connectivity index (χ0n) is 21.9. The molecule has 8 heteroatoms. The molecule has 1 saturated heterocycles. The van der Waals surface area contributed by atoms with E-state index in [2.05, 4.69) is 10.2 Å². The molecule has 1 heterocycles. The molecule has 2 unspecified atom stereocenters. The molecule has 5 rings (SSSR count). The average molecular weight is 536 g/mol. The number of nitrogens with one attached hydrogen (secondary N) is 1. The number of amides is 2. The van der Waals surface area contributed by atoms with Gasteiger partial charge in [-0.25, -0.2) is 0 Å². The Labute approximate surface area is 226 Å². The normalized spacial score (nSPS) is 18.0. The molecule has 1 N–H and O–H groups in total. The highest BCUT2D eigenvalue weighted by Gasteiger charge is 2.42. The molecular weight excluding hydrogens is 503 g/mol. The second kappa shape index (κ2) is 11.1. The first-order chi connectivity index (χ1) is 18.8. The van der Waals surface area contributed by atoms with Gasteiger partial charge in [-0.3, -0.25) is 9.59 Å². The number of benzene rings is 3. The summed E-state index contributed by atoms with van der Waals surface area (Å²) in [5, 5.41) is 3.10. The number of alkyl halides is 3. The van der Waals surface area contributed by atoms with Crippen LogP contribution in [0.1, 0.15) is 53.6 Å². The molecule has 0 spiro atoms. The van der Waals surface area contributed by atoms with Gasteiger partial charge in [0.15, 0.2) is 0 Å². The topological polar surface area (TPSA) is 52.7 Å². The summed E-state index contributed by atoms with van der Waals surface area (Å²) in [6.45, 7) is 1.90. The van der Waals surface area contributed by atoms with E-state index in [4.69, 9.17) is 0 Å². The van der Waals surface area contributed by atoms with Crippen LogP contribution in [0.4, 0.5) is 18.9 Å². The molecule has 39 heavy (non-hydrogen) atoms. The molecule has 1 aliphatic carbocycles. The van der Waals surface area contributed by atoms with Gasteiger partial charge in [-0.05, 0) is 47.7 Å². The van der Waals surface area contributed by atoms with Crippen molar-refractivity contribution in [2.75, 3.05) is 31.1 Å². The van der Waals surface area contributed by atoms with E-state index in [0.717, 1.165) is 39.3 Å². The quantitative estimate of drug-likeness (QED) is 0.385. The lowest BCUT2D eigenvalue weighted by Crippen LogP contribution is -2.42. The Kier molecular flexibility index (Phi) is 7.64. The summed E-state index contributed by atoms with van der Waals surface area (Å²) >= 11 is 0. The monoisotopic (exact) mass is 535 g/mol. The van der Waals surface area contributed by atoms with Crippen molar-refractivity contribution in [2.45, 2.75) is 44.3 Å². The van der Waals surface area contributed by atoms with E-state index in [1.807, 2.05) is 67.6 Å². The largest absolute Gasteiger partial charge is 0.406 e. The van der Waals surface area contributed by atoms with Crippen LogP contribution >= 0.6 is 0 Å². The van der Waals surface area contributed by atoms with E-state index in [-0.39, 0.29) is 18.5 Å². The van der Waals surface area contributed by atoms with Gasteiger partial charge in [0, 0.05) is 42.5 Å². The molecule has 3 aromatic rings. The molecule has 3 aromatic carbocycles. The maximum Gasteiger partial charge on any atom is 0.406 e. The van der Waals surface area contributed by atoms with Crippen LogP contribution in [0.25, 0.3) is 11.1 Å². The minimum Gasteiger partial charge on any atom is -0.369 e. The van der Waals surface area contributed by atoms with Gasteiger partial charge in [0.2, 0.25) is 5.91 Å². The van der Waals surface area contributed by atoms with Gasteiger partial charge < -0.3 is 15.1 Å². The van der Waals surface area contributed by atoms with Crippen molar-refractivity contribution >= 4 is 17.5 Å². The minimum atomic E-state index is -4.48. The van der Waals surface area contributed by atoms with E-state index in [9.17, 15) is 22.8 Å². The molecule has 1 aliphatic heterocycles. The van der Waals surface area contributed by atoms with E-state index in [1.54, 1.807) is 12.1 Å². The van der Waals surface area contributed by atoms with Gasteiger partial charge in [-0.2, -0.15) is 13.2 Å². The van der Waals surface area contributed by atoms with Crippen LogP contribution < -0.4 is 10.2 Å². The molecule has 1 fully saturated rings. The number of hydrogen-bond acceptors (Lipinski definition) is 3. The second-order valence-corrected chi connectivity index (χ2v) is 10.3. The third-order valence-corrected chi connectivity index (χ3v) is 7.54. The molecule has 2 atom stereocenters. The summed E-state index contributed by atoms with van der Waals surface area (Å²) in [5.41, 5.74) is 4.67.